The van der Waals surface area contributed by atoms with Crippen molar-refractivity contribution in [1.82, 2.24) is 19.4 Å². The number of carboxylic acids is 1. The predicted octanol–water partition coefficient (Wildman–Crippen LogP) is 4.46. The van der Waals surface area contributed by atoms with Gasteiger partial charge in [-0.2, -0.15) is 4.39 Å². The molecular formula is C23H21F2N5O2. The molecule has 3 fully saturated rings. The zero-order valence-corrected chi connectivity index (χ0v) is 17.1. The normalized spacial score (nSPS) is 24.9. The van der Waals surface area contributed by atoms with Crippen molar-refractivity contribution in [1.29, 1.82) is 0 Å². The van der Waals surface area contributed by atoms with Crippen LogP contribution in [0.4, 0.5) is 14.5 Å². The topological polar surface area (TPSA) is 95.3 Å². The second-order valence-electron chi connectivity index (χ2n) is 8.87. The van der Waals surface area contributed by atoms with Crippen LogP contribution in [-0.2, 0) is 4.79 Å². The van der Waals surface area contributed by atoms with E-state index in [9.17, 15) is 14.3 Å². The second kappa shape index (κ2) is 7.01. The van der Waals surface area contributed by atoms with Crippen LogP contribution in [0.2, 0.25) is 0 Å². The van der Waals surface area contributed by atoms with Crippen molar-refractivity contribution in [3.8, 4) is 11.1 Å². The molecular weight excluding hydrogens is 416 g/mol. The number of aliphatic carboxylic acids is 1. The Balaban J connectivity index is 1.49. The highest BCUT2D eigenvalue weighted by atomic mass is 19.1. The van der Waals surface area contributed by atoms with Gasteiger partial charge >= 0.3 is 5.97 Å². The Kier molecular flexibility index (Phi) is 4.21. The molecule has 164 valence electrons. The van der Waals surface area contributed by atoms with Crippen LogP contribution in [0.1, 0.15) is 25.7 Å². The number of carbonyl (C=O) groups is 1. The molecule has 2 atom stereocenters. The lowest BCUT2D eigenvalue weighted by molar-refractivity contribution is -0.148. The quantitative estimate of drug-likeness (QED) is 0.410. The summed E-state index contributed by atoms with van der Waals surface area (Å²) in [5.41, 5.74) is 2.58. The van der Waals surface area contributed by atoms with Crippen LogP contribution < -0.4 is 5.32 Å². The van der Waals surface area contributed by atoms with Gasteiger partial charge in [0.25, 0.3) is 0 Å². The maximum absolute atomic E-state index is 15.5. The summed E-state index contributed by atoms with van der Waals surface area (Å²) in [7, 11) is 0. The second-order valence-corrected chi connectivity index (χ2v) is 8.87. The van der Waals surface area contributed by atoms with Crippen molar-refractivity contribution in [3.63, 3.8) is 0 Å². The number of aromatic amines is 1. The van der Waals surface area contributed by atoms with Crippen molar-refractivity contribution in [2.75, 3.05) is 5.32 Å². The van der Waals surface area contributed by atoms with E-state index in [0.717, 1.165) is 31.9 Å². The summed E-state index contributed by atoms with van der Waals surface area (Å²) in [6.07, 6.45) is 9.49. The number of hydrogen-bond donors (Lipinski definition) is 3. The first kappa shape index (κ1) is 19.2. The number of halogens is 2. The molecule has 0 spiro atoms. The van der Waals surface area contributed by atoms with E-state index in [1.54, 1.807) is 18.5 Å². The molecule has 7 nitrogen and oxygen atoms in total. The van der Waals surface area contributed by atoms with Gasteiger partial charge < -0.3 is 15.4 Å². The summed E-state index contributed by atoms with van der Waals surface area (Å²) >= 11 is 0. The first-order valence-corrected chi connectivity index (χ1v) is 10.8. The molecule has 3 N–H and O–H groups in total. The number of imidazole rings is 1. The minimum absolute atomic E-state index is 0.108. The number of rotatable bonds is 4. The SMILES string of the molecule is O=C(O)[C@H]1[C@H]2CC[C@H](CC2)[C@@H]1Nc1cc(-c2c[nH]c3ncc(F)cc23)c2cncn2c1F. The van der Waals surface area contributed by atoms with Gasteiger partial charge in [0.15, 0.2) is 0 Å². The summed E-state index contributed by atoms with van der Waals surface area (Å²) in [5, 5.41) is 13.7. The minimum atomic E-state index is -0.834. The Hall–Kier alpha value is -3.49. The van der Waals surface area contributed by atoms with Crippen LogP contribution in [0.5, 0.6) is 0 Å². The molecule has 7 rings (SSSR count). The molecule has 0 amide bonds. The Morgan fingerprint density at radius 2 is 1.91 bits per heavy atom. The number of nitrogens with zero attached hydrogens (tertiary/aromatic N) is 3. The van der Waals surface area contributed by atoms with Crippen LogP contribution in [0, 0.1) is 29.5 Å². The number of H-pyrrole nitrogens is 1. The van der Waals surface area contributed by atoms with Crippen LogP contribution >= 0.6 is 0 Å². The summed E-state index contributed by atoms with van der Waals surface area (Å²) in [5.74, 6) is -2.08. The molecule has 0 radical (unpaired) electrons. The summed E-state index contributed by atoms with van der Waals surface area (Å²) in [6, 6.07) is 2.71. The van der Waals surface area contributed by atoms with Crippen LogP contribution in [0.25, 0.3) is 27.7 Å². The molecule has 32 heavy (non-hydrogen) atoms. The number of nitrogens with one attached hydrogen (secondary N) is 2. The monoisotopic (exact) mass is 437 g/mol. The Bertz CT molecular complexity index is 1360. The number of anilines is 1. The molecule has 0 unspecified atom stereocenters. The Labute approximate surface area is 181 Å². The third-order valence-corrected chi connectivity index (χ3v) is 7.25. The van der Waals surface area contributed by atoms with E-state index in [1.807, 2.05) is 0 Å². The summed E-state index contributed by atoms with van der Waals surface area (Å²) < 4.78 is 30.7. The fourth-order valence-corrected chi connectivity index (χ4v) is 5.77. The lowest BCUT2D eigenvalue weighted by atomic mass is 9.61. The van der Waals surface area contributed by atoms with Gasteiger partial charge in [-0.25, -0.2) is 14.4 Å². The molecule has 4 heterocycles. The van der Waals surface area contributed by atoms with E-state index >= 15 is 4.39 Å². The number of pyridine rings is 2. The van der Waals surface area contributed by atoms with Gasteiger partial charge in [0, 0.05) is 28.8 Å². The highest BCUT2D eigenvalue weighted by Gasteiger charge is 2.47. The first-order chi connectivity index (χ1) is 15.5. The number of hydrogen-bond acceptors (Lipinski definition) is 4. The van der Waals surface area contributed by atoms with Gasteiger partial charge in [-0.3, -0.25) is 9.20 Å². The van der Waals surface area contributed by atoms with Crippen LogP contribution in [0.3, 0.4) is 0 Å². The van der Waals surface area contributed by atoms with Crippen molar-refractivity contribution < 1.29 is 18.7 Å². The lowest BCUT2D eigenvalue weighted by Gasteiger charge is -2.47. The summed E-state index contributed by atoms with van der Waals surface area (Å²) in [6.45, 7) is 0. The van der Waals surface area contributed by atoms with Crippen molar-refractivity contribution in [3.05, 3.63) is 48.8 Å². The largest absolute Gasteiger partial charge is 0.481 e. The van der Waals surface area contributed by atoms with Gasteiger partial charge in [-0.1, -0.05) is 0 Å². The maximum Gasteiger partial charge on any atom is 0.308 e. The van der Waals surface area contributed by atoms with E-state index in [2.05, 4.69) is 20.3 Å². The fourth-order valence-electron chi connectivity index (χ4n) is 5.77. The van der Waals surface area contributed by atoms with E-state index in [-0.39, 0.29) is 23.6 Å². The molecule has 4 aromatic heterocycles. The van der Waals surface area contributed by atoms with E-state index in [0.29, 0.717) is 27.7 Å². The minimum Gasteiger partial charge on any atom is -0.481 e. The first-order valence-electron chi connectivity index (χ1n) is 10.8. The van der Waals surface area contributed by atoms with Gasteiger partial charge in [0.2, 0.25) is 5.95 Å². The van der Waals surface area contributed by atoms with E-state index in [4.69, 9.17) is 0 Å². The molecule has 2 bridgehead atoms. The predicted molar refractivity (Wildman–Crippen MR) is 114 cm³/mol. The smallest absolute Gasteiger partial charge is 0.308 e. The van der Waals surface area contributed by atoms with Crippen molar-refractivity contribution >= 4 is 28.2 Å². The lowest BCUT2D eigenvalue weighted by Crippen LogP contribution is -2.51. The van der Waals surface area contributed by atoms with Crippen molar-refractivity contribution in [2.24, 2.45) is 17.8 Å². The highest BCUT2D eigenvalue weighted by molar-refractivity contribution is 5.98. The molecule has 3 aliphatic rings. The molecule has 0 aromatic carbocycles. The zero-order chi connectivity index (χ0) is 22.0. The van der Waals surface area contributed by atoms with Gasteiger partial charge in [-0.15, -0.1) is 0 Å². The fraction of sp³-hybridized carbons (Fsp3) is 0.348. The Morgan fingerprint density at radius 3 is 2.69 bits per heavy atom. The van der Waals surface area contributed by atoms with Gasteiger partial charge in [0.05, 0.1) is 29.5 Å². The third-order valence-electron chi connectivity index (χ3n) is 7.25. The van der Waals surface area contributed by atoms with Crippen LogP contribution in [0.15, 0.2) is 37.1 Å². The van der Waals surface area contributed by atoms with Crippen molar-refractivity contribution in [2.45, 2.75) is 31.7 Å². The molecule has 3 saturated carbocycles. The zero-order valence-electron chi connectivity index (χ0n) is 17.1. The van der Waals surface area contributed by atoms with Gasteiger partial charge in [-0.05, 0) is 49.7 Å². The molecule has 3 aliphatic carbocycles. The van der Waals surface area contributed by atoms with E-state index < -0.39 is 23.7 Å². The summed E-state index contributed by atoms with van der Waals surface area (Å²) in [4.78, 5) is 23.2. The third kappa shape index (κ3) is 2.80. The van der Waals surface area contributed by atoms with Gasteiger partial charge in [0.1, 0.15) is 17.8 Å². The molecule has 0 aliphatic heterocycles. The van der Waals surface area contributed by atoms with E-state index in [1.165, 1.54) is 16.8 Å². The number of aromatic nitrogens is 4. The Morgan fingerprint density at radius 1 is 1.12 bits per heavy atom. The van der Waals surface area contributed by atoms with Crippen LogP contribution in [-0.4, -0.2) is 36.5 Å². The number of fused-ring (bicyclic) bond motifs is 5. The highest BCUT2D eigenvalue weighted by Crippen LogP contribution is 2.47. The average Bonchev–Trinajstić information content (AvgIpc) is 3.44. The average molecular weight is 437 g/mol. The standard InChI is InChI=1S/C23H21F2N5O2/c24-13-5-15-16(8-28-22(15)27-7-13)14-6-17(21(25)30-10-26-9-18(14)30)29-20-12-3-1-11(2-4-12)19(20)23(31)32/h5-12,19-20,29H,1-4H2,(H,27,28)(H,31,32)/t11-,12+,19-,20-/m0/s1. The molecule has 9 heteroatoms. The number of carboxylic acid groups (broad SMARTS) is 1. The maximum atomic E-state index is 15.5. The molecule has 4 aromatic rings. The molecule has 0 saturated heterocycles.